The first kappa shape index (κ1) is 18.0. The van der Waals surface area contributed by atoms with Gasteiger partial charge < -0.3 is 10.3 Å². The lowest BCUT2D eigenvalue weighted by molar-refractivity contribution is 0.628. The molecule has 6 rings (SSSR count). The highest BCUT2D eigenvalue weighted by Gasteiger charge is 2.15. The first-order valence-electron chi connectivity index (χ1n) is 10.4. The quantitative estimate of drug-likeness (QED) is 0.379. The Hall–Kier alpha value is -3.77. The first-order valence-corrected chi connectivity index (χ1v) is 10.4. The van der Waals surface area contributed by atoms with E-state index in [1.54, 1.807) is 0 Å². The average molecular weight is 409 g/mol. The van der Waals surface area contributed by atoms with Crippen LogP contribution in [-0.4, -0.2) is 33.3 Å². The second-order valence-corrected chi connectivity index (χ2v) is 7.83. The number of hydrogen-bond donors (Lipinski definition) is 3. The highest BCUT2D eigenvalue weighted by atomic mass is 19.1. The summed E-state index contributed by atoms with van der Waals surface area (Å²) in [6.07, 6.45) is 5.12. The zero-order valence-corrected chi connectivity index (χ0v) is 16.7. The fourth-order valence-electron chi connectivity index (χ4n) is 4.34. The largest absolute Gasteiger partial charge is 0.353 e. The van der Waals surface area contributed by atoms with Gasteiger partial charge in [0.1, 0.15) is 5.82 Å². The minimum Gasteiger partial charge on any atom is -0.353 e. The first-order chi connectivity index (χ1) is 15.3. The summed E-state index contributed by atoms with van der Waals surface area (Å²) in [6.45, 7) is 1.87. The Bertz CT molecular complexity index is 1440. The Labute approximate surface area is 178 Å². The Morgan fingerprint density at radius 3 is 2.68 bits per heavy atom. The van der Waals surface area contributed by atoms with Gasteiger partial charge in [0.2, 0.25) is 0 Å². The normalized spacial score (nSPS) is 14.3. The molecule has 3 N–H and O–H groups in total. The van der Waals surface area contributed by atoms with E-state index < -0.39 is 0 Å². The Balaban J connectivity index is 1.48. The van der Waals surface area contributed by atoms with Crippen LogP contribution in [-0.2, 0) is 0 Å². The van der Waals surface area contributed by atoms with Gasteiger partial charge >= 0.3 is 0 Å². The van der Waals surface area contributed by atoms with E-state index in [2.05, 4.69) is 49.8 Å². The number of rotatable bonds is 3. The number of benzene rings is 2. The van der Waals surface area contributed by atoms with E-state index in [-0.39, 0.29) is 5.82 Å². The maximum absolute atomic E-state index is 13.4. The van der Waals surface area contributed by atoms with Crippen LogP contribution in [0, 0.1) is 5.82 Å². The molecule has 0 aliphatic carbocycles. The maximum atomic E-state index is 13.4. The molecule has 31 heavy (non-hydrogen) atoms. The van der Waals surface area contributed by atoms with Gasteiger partial charge in [-0.25, -0.2) is 9.37 Å². The summed E-state index contributed by atoms with van der Waals surface area (Å²) >= 11 is 0. The SMILES string of the molecule is Fc1ccc(-c2cccc3[nH]c(-c4[nH]nc5ncc(C6=CCNCC6)cc45)cc23)cc1. The summed E-state index contributed by atoms with van der Waals surface area (Å²) in [6, 6.07) is 17.0. The number of pyridine rings is 1. The molecule has 0 saturated heterocycles. The van der Waals surface area contributed by atoms with Crippen molar-refractivity contribution in [3.63, 3.8) is 0 Å². The van der Waals surface area contributed by atoms with Crippen molar-refractivity contribution in [2.24, 2.45) is 0 Å². The van der Waals surface area contributed by atoms with Gasteiger partial charge in [-0.2, -0.15) is 5.10 Å². The predicted molar refractivity (Wildman–Crippen MR) is 122 cm³/mol. The van der Waals surface area contributed by atoms with Crippen molar-refractivity contribution >= 4 is 27.5 Å². The van der Waals surface area contributed by atoms with Crippen molar-refractivity contribution < 1.29 is 4.39 Å². The summed E-state index contributed by atoms with van der Waals surface area (Å²) in [7, 11) is 0. The van der Waals surface area contributed by atoms with E-state index >= 15 is 0 Å². The van der Waals surface area contributed by atoms with Crippen molar-refractivity contribution in [3.05, 3.63) is 78.3 Å². The molecule has 1 aliphatic rings. The number of aromatic amines is 2. The molecule has 0 atom stereocenters. The standard InChI is InChI=1S/C25H20FN5/c26-18-6-4-16(5-7-18)19-2-1-3-22-20(19)13-23(29-22)24-21-12-17(14-28-25(21)31-30-24)15-8-10-27-11-9-15/h1-8,12-14,27,29H,9-11H2,(H,28,30,31). The van der Waals surface area contributed by atoms with Crippen LogP contribution in [0.3, 0.4) is 0 Å². The summed E-state index contributed by atoms with van der Waals surface area (Å²) in [4.78, 5) is 8.09. The van der Waals surface area contributed by atoms with Gasteiger partial charge in [-0.1, -0.05) is 30.3 Å². The van der Waals surface area contributed by atoms with Gasteiger partial charge in [0.05, 0.1) is 11.4 Å². The Kier molecular flexibility index (Phi) is 4.18. The monoisotopic (exact) mass is 409 g/mol. The molecule has 5 aromatic rings. The van der Waals surface area contributed by atoms with Crippen LogP contribution in [0.25, 0.3) is 50.0 Å². The third-order valence-corrected chi connectivity index (χ3v) is 5.93. The number of nitrogens with one attached hydrogen (secondary N) is 3. The zero-order chi connectivity index (χ0) is 20.8. The summed E-state index contributed by atoms with van der Waals surface area (Å²) < 4.78 is 13.4. The fourth-order valence-corrected chi connectivity index (χ4v) is 4.34. The number of hydrogen-bond acceptors (Lipinski definition) is 3. The van der Waals surface area contributed by atoms with E-state index in [9.17, 15) is 4.39 Å². The number of halogens is 1. The van der Waals surface area contributed by atoms with E-state index in [1.807, 2.05) is 30.5 Å². The molecular weight excluding hydrogens is 389 g/mol. The van der Waals surface area contributed by atoms with Crippen LogP contribution in [0.5, 0.6) is 0 Å². The summed E-state index contributed by atoms with van der Waals surface area (Å²) in [5, 5.41) is 13.0. The second kappa shape index (κ2) is 7.18. The molecule has 0 fully saturated rings. The van der Waals surface area contributed by atoms with Crippen LogP contribution >= 0.6 is 0 Å². The minimum atomic E-state index is -0.234. The number of aromatic nitrogens is 4. The molecule has 4 heterocycles. The van der Waals surface area contributed by atoms with Gasteiger partial charge in [0, 0.05) is 29.0 Å². The highest BCUT2D eigenvalue weighted by Crippen LogP contribution is 2.34. The maximum Gasteiger partial charge on any atom is 0.181 e. The molecular formula is C25H20FN5. The third-order valence-electron chi connectivity index (χ3n) is 5.93. The molecule has 2 aromatic carbocycles. The molecule has 3 aromatic heterocycles. The molecule has 1 aliphatic heterocycles. The van der Waals surface area contributed by atoms with Crippen molar-refractivity contribution in [3.8, 4) is 22.5 Å². The lowest BCUT2D eigenvalue weighted by Crippen LogP contribution is -2.20. The van der Waals surface area contributed by atoms with Crippen LogP contribution < -0.4 is 5.32 Å². The van der Waals surface area contributed by atoms with Crippen LogP contribution in [0.4, 0.5) is 4.39 Å². The average Bonchev–Trinajstić information content (AvgIpc) is 3.43. The zero-order valence-electron chi connectivity index (χ0n) is 16.7. The van der Waals surface area contributed by atoms with E-state index in [1.165, 1.54) is 17.7 Å². The van der Waals surface area contributed by atoms with Crippen molar-refractivity contribution in [1.29, 1.82) is 0 Å². The second-order valence-electron chi connectivity index (χ2n) is 7.83. The van der Waals surface area contributed by atoms with E-state index in [4.69, 9.17) is 0 Å². The summed E-state index contributed by atoms with van der Waals surface area (Å²) in [5.74, 6) is -0.234. The van der Waals surface area contributed by atoms with Gasteiger partial charge in [-0.3, -0.25) is 5.10 Å². The molecule has 5 nitrogen and oxygen atoms in total. The van der Waals surface area contributed by atoms with Crippen molar-refractivity contribution in [2.75, 3.05) is 13.1 Å². The third kappa shape index (κ3) is 3.12. The van der Waals surface area contributed by atoms with Gasteiger partial charge in [-0.05, 0) is 65.6 Å². The highest BCUT2D eigenvalue weighted by molar-refractivity contribution is 6.01. The number of fused-ring (bicyclic) bond motifs is 2. The molecule has 0 saturated carbocycles. The fraction of sp³-hybridized carbons (Fsp3) is 0.120. The molecule has 0 unspecified atom stereocenters. The topological polar surface area (TPSA) is 69.4 Å². The predicted octanol–water partition coefficient (Wildman–Crippen LogP) is 5.29. The van der Waals surface area contributed by atoms with E-state index in [0.717, 1.165) is 63.9 Å². The van der Waals surface area contributed by atoms with Gasteiger partial charge in [-0.15, -0.1) is 0 Å². The van der Waals surface area contributed by atoms with Crippen LogP contribution in [0.2, 0.25) is 0 Å². The Morgan fingerprint density at radius 2 is 1.84 bits per heavy atom. The number of nitrogens with zero attached hydrogens (tertiary/aromatic N) is 2. The van der Waals surface area contributed by atoms with Crippen molar-refractivity contribution in [2.45, 2.75) is 6.42 Å². The van der Waals surface area contributed by atoms with Crippen LogP contribution in [0.15, 0.2) is 66.9 Å². The summed E-state index contributed by atoms with van der Waals surface area (Å²) in [5.41, 5.74) is 8.08. The molecule has 0 amide bonds. The lowest BCUT2D eigenvalue weighted by Gasteiger charge is -2.13. The van der Waals surface area contributed by atoms with Gasteiger partial charge in [0.15, 0.2) is 5.65 Å². The molecule has 0 bridgehead atoms. The molecule has 0 spiro atoms. The van der Waals surface area contributed by atoms with E-state index in [0.29, 0.717) is 5.65 Å². The van der Waals surface area contributed by atoms with Crippen molar-refractivity contribution in [1.82, 2.24) is 25.5 Å². The van der Waals surface area contributed by atoms with Gasteiger partial charge in [0.25, 0.3) is 0 Å². The smallest absolute Gasteiger partial charge is 0.181 e. The Morgan fingerprint density at radius 1 is 0.935 bits per heavy atom. The minimum absolute atomic E-state index is 0.234. The van der Waals surface area contributed by atoms with Crippen LogP contribution in [0.1, 0.15) is 12.0 Å². The molecule has 0 radical (unpaired) electrons. The molecule has 152 valence electrons. The lowest BCUT2D eigenvalue weighted by atomic mass is 10.0. The molecule has 6 heteroatoms. The number of H-pyrrole nitrogens is 2.